The number of hydrogen-bond acceptors (Lipinski definition) is 8. The van der Waals surface area contributed by atoms with Crippen molar-refractivity contribution in [3.8, 4) is 0 Å². The summed E-state index contributed by atoms with van der Waals surface area (Å²) >= 11 is 0. The Morgan fingerprint density at radius 1 is 0.649 bits per heavy atom. The molecule has 0 heterocycles. The first kappa shape index (κ1) is 36.0. The van der Waals surface area contributed by atoms with Crippen LogP contribution in [0.25, 0.3) is 0 Å². The van der Waals surface area contributed by atoms with Gasteiger partial charge in [-0.1, -0.05) is 77.6 Å². The zero-order valence-corrected chi connectivity index (χ0v) is 28.3. The van der Waals surface area contributed by atoms with Gasteiger partial charge in [0.15, 0.2) is 0 Å². The Hall–Kier alpha value is -0.997. The molecule has 200 valence electrons. The first-order valence-corrected chi connectivity index (χ1v) is 16.5. The molecule has 0 aliphatic heterocycles. The smallest absolute Gasteiger partial charge is 0.529 e. The van der Waals surface area contributed by atoms with E-state index in [9.17, 15) is 19.8 Å². The number of nitrogens with one attached hydrogen (secondary N) is 2. The Morgan fingerprint density at radius 2 is 1.00 bits per heavy atom. The van der Waals surface area contributed by atoms with Crippen molar-refractivity contribution in [2.75, 3.05) is 0 Å². The number of carbonyl (C=O) groups is 2. The molecule has 0 radical (unpaired) electrons. The Balaban J connectivity index is 0.000000682. The van der Waals surface area contributed by atoms with E-state index >= 15 is 0 Å². The maximum Gasteiger partial charge on any atom is 2.00 e. The van der Waals surface area contributed by atoms with Crippen molar-refractivity contribution < 1.29 is 39.3 Å². The standard InChI is InChI=1S/2C13H19NO2S2.Zn/c2*1-3-6-10-8-5-9-12(11(10)7-4-2)17-18-14-13(15)16;/h2*5,8-9,14H,3-4,6-7H2,1-2H3,(H,15,16);/q;;+2/p-2. The van der Waals surface area contributed by atoms with Gasteiger partial charge in [-0.05, 0) is 81.7 Å². The molecule has 0 atom stereocenters. The minimum atomic E-state index is -1.26. The summed E-state index contributed by atoms with van der Waals surface area (Å²) < 4.78 is 4.40. The molecule has 0 unspecified atom stereocenters. The minimum absolute atomic E-state index is 0. The van der Waals surface area contributed by atoms with Crippen LogP contribution >= 0.6 is 43.5 Å². The molecule has 0 bridgehead atoms. The van der Waals surface area contributed by atoms with Crippen LogP contribution in [0.4, 0.5) is 9.59 Å². The van der Waals surface area contributed by atoms with Crippen LogP contribution in [-0.4, -0.2) is 12.2 Å². The molecule has 0 fully saturated rings. The fourth-order valence-electron chi connectivity index (χ4n) is 3.65. The van der Waals surface area contributed by atoms with Gasteiger partial charge < -0.3 is 29.2 Å². The van der Waals surface area contributed by atoms with Crippen molar-refractivity contribution in [1.29, 1.82) is 0 Å². The van der Waals surface area contributed by atoms with Crippen molar-refractivity contribution in [2.24, 2.45) is 0 Å². The van der Waals surface area contributed by atoms with Crippen LogP contribution in [0.1, 0.15) is 75.6 Å². The molecular weight excluding hydrogens is 598 g/mol. The monoisotopic (exact) mass is 632 g/mol. The predicted octanol–water partition coefficient (Wildman–Crippen LogP) is 6.36. The summed E-state index contributed by atoms with van der Waals surface area (Å²) in [5, 5.41) is 20.6. The Bertz CT molecular complexity index is 875. The molecule has 37 heavy (non-hydrogen) atoms. The van der Waals surface area contributed by atoms with Crippen molar-refractivity contribution in [3.05, 3.63) is 58.7 Å². The van der Waals surface area contributed by atoms with E-state index in [2.05, 4.69) is 49.3 Å². The summed E-state index contributed by atoms with van der Waals surface area (Å²) in [5.41, 5.74) is 5.44. The van der Waals surface area contributed by atoms with Crippen LogP contribution in [0, 0.1) is 0 Å². The Kier molecular flexibility index (Phi) is 21.3. The van der Waals surface area contributed by atoms with Gasteiger partial charge in [-0.2, -0.15) is 0 Å². The molecule has 2 amide bonds. The van der Waals surface area contributed by atoms with Gasteiger partial charge in [-0.25, -0.2) is 0 Å². The Labute approximate surface area is 250 Å². The van der Waals surface area contributed by atoms with Gasteiger partial charge >= 0.3 is 19.5 Å². The quantitative estimate of drug-likeness (QED) is 0.141. The second-order valence-corrected chi connectivity index (χ2v) is 11.9. The first-order chi connectivity index (χ1) is 17.4. The van der Waals surface area contributed by atoms with E-state index in [1.165, 1.54) is 43.8 Å². The van der Waals surface area contributed by atoms with E-state index < -0.39 is 12.2 Å². The maximum atomic E-state index is 10.3. The van der Waals surface area contributed by atoms with Crippen molar-refractivity contribution in [1.82, 2.24) is 9.44 Å². The number of aryl methyl sites for hydroxylation is 2. The van der Waals surface area contributed by atoms with Gasteiger partial charge in [0.05, 0.1) is 0 Å². The molecule has 0 aromatic heterocycles. The normalized spacial score (nSPS) is 10.1. The van der Waals surface area contributed by atoms with E-state index in [0.29, 0.717) is 0 Å². The van der Waals surface area contributed by atoms with Gasteiger partial charge in [0.25, 0.3) is 0 Å². The largest absolute Gasteiger partial charge is 2.00 e. The van der Waals surface area contributed by atoms with Crippen LogP contribution in [0.15, 0.2) is 46.2 Å². The van der Waals surface area contributed by atoms with Gasteiger partial charge in [-0.3, -0.25) is 0 Å². The molecule has 2 aromatic carbocycles. The maximum absolute atomic E-state index is 10.3. The summed E-state index contributed by atoms with van der Waals surface area (Å²) in [6.45, 7) is 8.65. The molecule has 0 saturated heterocycles. The van der Waals surface area contributed by atoms with E-state index in [-0.39, 0.29) is 19.5 Å². The molecule has 6 nitrogen and oxygen atoms in total. The summed E-state index contributed by atoms with van der Waals surface area (Å²) in [7, 11) is 5.05. The van der Waals surface area contributed by atoms with Crippen molar-refractivity contribution >= 4 is 55.7 Å². The number of benzene rings is 2. The average Bonchev–Trinajstić information content (AvgIpc) is 2.83. The molecule has 2 aromatic rings. The fourth-order valence-corrected chi connectivity index (χ4v) is 7.12. The third-order valence-electron chi connectivity index (χ3n) is 5.01. The Morgan fingerprint density at radius 3 is 1.30 bits per heavy atom. The van der Waals surface area contributed by atoms with Crippen molar-refractivity contribution in [2.45, 2.75) is 88.9 Å². The van der Waals surface area contributed by atoms with Gasteiger partial charge in [0.2, 0.25) is 0 Å². The summed E-state index contributed by atoms with van der Waals surface area (Å²) in [5.74, 6) is 0. The van der Waals surface area contributed by atoms with Gasteiger partial charge in [0, 0.05) is 31.8 Å². The van der Waals surface area contributed by atoms with Gasteiger partial charge in [-0.15, -0.1) is 0 Å². The van der Waals surface area contributed by atoms with E-state index in [4.69, 9.17) is 0 Å². The van der Waals surface area contributed by atoms with Gasteiger partial charge in [0.1, 0.15) is 12.2 Å². The minimum Gasteiger partial charge on any atom is -0.529 e. The van der Waals surface area contributed by atoms with E-state index in [1.807, 2.05) is 24.3 Å². The number of carboxylic acid groups (broad SMARTS) is 2. The predicted molar refractivity (Wildman–Crippen MR) is 153 cm³/mol. The number of rotatable bonds is 14. The molecule has 2 N–H and O–H groups in total. The van der Waals surface area contributed by atoms with E-state index in [0.717, 1.165) is 83.1 Å². The molecule has 0 spiro atoms. The van der Waals surface area contributed by atoms with Crippen LogP contribution in [0.2, 0.25) is 0 Å². The van der Waals surface area contributed by atoms with Crippen molar-refractivity contribution in [3.63, 3.8) is 0 Å². The van der Waals surface area contributed by atoms with Crippen LogP contribution in [0.3, 0.4) is 0 Å². The molecule has 0 aliphatic carbocycles. The second kappa shape index (κ2) is 21.9. The molecular formula is C26H36N2O4S4Zn. The average molecular weight is 634 g/mol. The third kappa shape index (κ3) is 14.7. The molecule has 0 saturated carbocycles. The number of amides is 2. The summed E-state index contributed by atoms with van der Waals surface area (Å²) in [6, 6.07) is 12.5. The number of carbonyl (C=O) groups excluding carboxylic acids is 2. The topological polar surface area (TPSA) is 104 Å². The SMILES string of the molecule is CCCc1cccc(SSNC(=O)[O-])c1CCC.CCCc1cccc(SSNC(=O)[O-])c1CCC.[Zn+2]. The molecule has 2 rings (SSSR count). The van der Waals surface area contributed by atoms with Crippen LogP contribution < -0.4 is 19.7 Å². The summed E-state index contributed by atoms with van der Waals surface area (Å²) in [4.78, 5) is 22.9. The second-order valence-electron chi connectivity index (χ2n) is 7.90. The number of hydrogen-bond donors (Lipinski definition) is 2. The van der Waals surface area contributed by atoms with Crippen LogP contribution in [-0.2, 0) is 45.2 Å². The zero-order valence-electron chi connectivity index (χ0n) is 22.1. The first-order valence-electron chi connectivity index (χ1n) is 12.2. The molecule has 0 aliphatic rings. The fraction of sp³-hybridized carbons (Fsp3) is 0.462. The third-order valence-corrected chi connectivity index (χ3v) is 8.88. The zero-order chi connectivity index (χ0) is 26.8. The molecule has 11 heteroatoms. The van der Waals surface area contributed by atoms with E-state index in [1.54, 1.807) is 0 Å². The van der Waals surface area contributed by atoms with Crippen LogP contribution in [0.5, 0.6) is 0 Å². The summed E-state index contributed by atoms with van der Waals surface area (Å²) in [6.07, 6.45) is 6.12.